The van der Waals surface area contributed by atoms with Crippen LogP contribution in [-0.2, 0) is 13.0 Å². The van der Waals surface area contributed by atoms with Gasteiger partial charge in [0.15, 0.2) is 5.78 Å². The van der Waals surface area contributed by atoms with Crippen LogP contribution in [-0.4, -0.2) is 38.7 Å². The minimum Gasteiger partial charge on any atom is -0.299 e. The smallest absolute Gasteiger partial charge is 0.168 e. The van der Waals surface area contributed by atoms with Gasteiger partial charge in [-0.05, 0) is 80.0 Å². The van der Waals surface area contributed by atoms with Crippen LogP contribution in [0, 0.1) is 5.82 Å². The summed E-state index contributed by atoms with van der Waals surface area (Å²) in [7, 11) is 0. The number of carbonyl (C=O) groups excluding carboxylic acids is 1. The summed E-state index contributed by atoms with van der Waals surface area (Å²) in [6, 6.07) is 13.5. The molecule has 0 N–H and O–H groups in total. The third-order valence-corrected chi connectivity index (χ3v) is 5.83. The van der Waals surface area contributed by atoms with Crippen LogP contribution in [0.1, 0.15) is 34.5 Å². The molecule has 0 aliphatic carbocycles. The van der Waals surface area contributed by atoms with Crippen LogP contribution in [0.25, 0.3) is 22.2 Å². The molecule has 32 heavy (non-hydrogen) atoms. The van der Waals surface area contributed by atoms with E-state index in [0.717, 1.165) is 41.8 Å². The first-order valence-electron chi connectivity index (χ1n) is 10.9. The first kappa shape index (κ1) is 20.4. The normalized spacial score (nSPS) is 14.2. The topological polar surface area (TPSA) is 59.0 Å². The van der Waals surface area contributed by atoms with Crippen molar-refractivity contribution in [2.45, 2.75) is 25.8 Å². The quantitative estimate of drug-likeness (QED) is 0.413. The first-order valence-corrected chi connectivity index (χ1v) is 10.9. The number of pyridine rings is 3. The van der Waals surface area contributed by atoms with Crippen LogP contribution >= 0.6 is 0 Å². The van der Waals surface area contributed by atoms with Crippen molar-refractivity contribution in [1.29, 1.82) is 0 Å². The number of likely N-dealkylation sites (tertiary alicyclic amines) is 1. The average molecular weight is 426 g/mol. The molecule has 0 spiro atoms. The van der Waals surface area contributed by atoms with E-state index in [9.17, 15) is 9.18 Å². The fraction of sp³-hybridized carbons (Fsp3) is 0.231. The van der Waals surface area contributed by atoms with Crippen molar-refractivity contribution in [3.63, 3.8) is 0 Å². The number of benzene rings is 1. The molecule has 4 aromatic rings. The van der Waals surface area contributed by atoms with Crippen molar-refractivity contribution in [2.75, 3.05) is 13.1 Å². The van der Waals surface area contributed by atoms with Gasteiger partial charge in [0.25, 0.3) is 0 Å². The van der Waals surface area contributed by atoms with Crippen LogP contribution in [0.2, 0.25) is 0 Å². The predicted molar refractivity (Wildman–Crippen MR) is 122 cm³/mol. The summed E-state index contributed by atoms with van der Waals surface area (Å²) in [4.78, 5) is 28.6. The Bertz CT molecular complexity index is 1270. The minimum absolute atomic E-state index is 0.105. The van der Waals surface area contributed by atoms with Gasteiger partial charge in [0.1, 0.15) is 5.82 Å². The number of ketones is 1. The van der Waals surface area contributed by atoms with Crippen LogP contribution in [0.4, 0.5) is 4.39 Å². The number of fused-ring (bicyclic) bond motifs is 1. The Morgan fingerprint density at radius 3 is 2.59 bits per heavy atom. The Labute approximate surface area is 186 Å². The number of halogens is 1. The Hall–Kier alpha value is -3.51. The van der Waals surface area contributed by atoms with Gasteiger partial charge in [0, 0.05) is 41.6 Å². The van der Waals surface area contributed by atoms with Crippen molar-refractivity contribution in [2.24, 2.45) is 0 Å². The maximum Gasteiger partial charge on any atom is 0.168 e. The number of Topliss-reactive ketones (excluding diaryl/α,β-unsaturated/α-hetero) is 1. The molecule has 1 aliphatic heterocycles. The van der Waals surface area contributed by atoms with Crippen molar-refractivity contribution in [3.05, 3.63) is 89.8 Å². The van der Waals surface area contributed by atoms with Crippen molar-refractivity contribution in [3.8, 4) is 11.3 Å². The highest BCUT2D eigenvalue weighted by molar-refractivity contribution is 5.97. The van der Waals surface area contributed by atoms with Gasteiger partial charge in [-0.1, -0.05) is 0 Å². The molecule has 0 radical (unpaired) electrons. The highest BCUT2D eigenvalue weighted by Gasteiger charge is 2.13. The fourth-order valence-corrected chi connectivity index (χ4v) is 4.13. The summed E-state index contributed by atoms with van der Waals surface area (Å²) in [6.45, 7) is 3.20. The molecule has 1 aromatic carbocycles. The molecule has 0 saturated carbocycles. The lowest BCUT2D eigenvalue weighted by atomic mass is 10.1. The van der Waals surface area contributed by atoms with Crippen LogP contribution < -0.4 is 0 Å². The number of hydrogen-bond acceptors (Lipinski definition) is 5. The second-order valence-electron chi connectivity index (χ2n) is 8.24. The van der Waals surface area contributed by atoms with E-state index in [1.807, 2.05) is 30.6 Å². The van der Waals surface area contributed by atoms with Crippen molar-refractivity contribution in [1.82, 2.24) is 19.9 Å². The number of hydrogen-bond donors (Lipinski definition) is 0. The zero-order valence-electron chi connectivity index (χ0n) is 17.7. The maximum atomic E-state index is 13.1. The van der Waals surface area contributed by atoms with E-state index in [4.69, 9.17) is 4.98 Å². The SMILES string of the molecule is O=C(Cc1cc2nc(-c3cncc(CN4CCCC4)c3)ccc2cn1)c1ccc(F)cc1. The first-order chi connectivity index (χ1) is 15.6. The van der Waals surface area contributed by atoms with Gasteiger partial charge in [0.2, 0.25) is 0 Å². The molecule has 5 nitrogen and oxygen atoms in total. The third kappa shape index (κ3) is 4.55. The van der Waals surface area contributed by atoms with E-state index in [0.29, 0.717) is 11.3 Å². The number of rotatable bonds is 6. The number of carbonyl (C=O) groups is 1. The number of aromatic nitrogens is 3. The highest BCUT2D eigenvalue weighted by Crippen LogP contribution is 2.23. The zero-order chi connectivity index (χ0) is 21.9. The molecule has 3 aromatic heterocycles. The van der Waals surface area contributed by atoms with Gasteiger partial charge in [-0.2, -0.15) is 0 Å². The summed E-state index contributed by atoms with van der Waals surface area (Å²) >= 11 is 0. The van der Waals surface area contributed by atoms with Crippen molar-refractivity contribution >= 4 is 16.7 Å². The molecule has 6 heteroatoms. The van der Waals surface area contributed by atoms with E-state index in [2.05, 4.69) is 20.9 Å². The average Bonchev–Trinajstić information content (AvgIpc) is 3.32. The molecule has 0 amide bonds. The van der Waals surface area contributed by atoms with E-state index >= 15 is 0 Å². The molecular weight excluding hydrogens is 403 g/mol. The number of nitrogens with zero attached hydrogens (tertiary/aromatic N) is 4. The zero-order valence-corrected chi connectivity index (χ0v) is 17.7. The monoisotopic (exact) mass is 426 g/mol. The predicted octanol–water partition coefficient (Wildman–Crippen LogP) is 4.85. The molecule has 0 unspecified atom stereocenters. The summed E-state index contributed by atoms with van der Waals surface area (Å²) in [5, 5.41) is 0.910. The van der Waals surface area contributed by atoms with Crippen molar-refractivity contribution < 1.29 is 9.18 Å². The maximum absolute atomic E-state index is 13.1. The summed E-state index contributed by atoms with van der Waals surface area (Å²) < 4.78 is 13.1. The Kier molecular flexibility index (Phi) is 5.69. The third-order valence-electron chi connectivity index (χ3n) is 5.83. The van der Waals surface area contributed by atoms with E-state index < -0.39 is 0 Å². The van der Waals surface area contributed by atoms with Gasteiger partial charge in [0.05, 0.1) is 23.3 Å². The largest absolute Gasteiger partial charge is 0.299 e. The second-order valence-corrected chi connectivity index (χ2v) is 8.24. The van der Waals surface area contributed by atoms with E-state index in [1.165, 1.54) is 42.7 Å². The van der Waals surface area contributed by atoms with Gasteiger partial charge in [-0.15, -0.1) is 0 Å². The second kappa shape index (κ2) is 8.93. The van der Waals surface area contributed by atoms with Gasteiger partial charge >= 0.3 is 0 Å². The Morgan fingerprint density at radius 1 is 0.969 bits per heavy atom. The van der Waals surface area contributed by atoms with Crippen LogP contribution in [0.15, 0.2) is 67.1 Å². The van der Waals surface area contributed by atoms with E-state index in [-0.39, 0.29) is 18.0 Å². The molecule has 1 aliphatic rings. The minimum atomic E-state index is -0.360. The van der Waals surface area contributed by atoms with E-state index in [1.54, 1.807) is 6.20 Å². The molecule has 4 heterocycles. The Balaban J connectivity index is 1.38. The summed E-state index contributed by atoms with van der Waals surface area (Å²) in [5.74, 6) is -0.465. The van der Waals surface area contributed by atoms with Crippen LogP contribution in [0.3, 0.4) is 0 Å². The fourth-order valence-electron chi connectivity index (χ4n) is 4.13. The van der Waals surface area contributed by atoms with Gasteiger partial charge < -0.3 is 0 Å². The molecular formula is C26H23FN4O. The van der Waals surface area contributed by atoms with Gasteiger partial charge in [-0.25, -0.2) is 9.37 Å². The molecule has 0 bridgehead atoms. The lowest BCUT2D eigenvalue weighted by molar-refractivity contribution is 0.0992. The van der Waals surface area contributed by atoms with Gasteiger partial charge in [-0.3, -0.25) is 19.7 Å². The molecule has 0 atom stereocenters. The highest BCUT2D eigenvalue weighted by atomic mass is 19.1. The van der Waals surface area contributed by atoms with Crippen LogP contribution in [0.5, 0.6) is 0 Å². The lowest BCUT2D eigenvalue weighted by Crippen LogP contribution is -2.18. The Morgan fingerprint density at radius 2 is 1.78 bits per heavy atom. The summed E-state index contributed by atoms with van der Waals surface area (Å²) in [5.41, 5.74) is 4.89. The molecule has 160 valence electrons. The molecule has 1 saturated heterocycles. The molecule has 1 fully saturated rings. The summed E-state index contributed by atoms with van der Waals surface area (Å²) in [6.07, 6.45) is 8.16. The molecule has 5 rings (SSSR count). The standard InChI is InChI=1S/C26H23FN4O/c27-22-6-3-19(4-7-22)26(32)13-23-12-25-20(16-29-23)5-8-24(30-25)21-11-18(14-28-15-21)17-31-9-1-2-10-31/h3-8,11-12,14-16H,1-2,9-10,13,17H2. The lowest BCUT2D eigenvalue weighted by Gasteiger charge is -2.14.